The van der Waals surface area contributed by atoms with E-state index in [-0.39, 0.29) is 6.61 Å². The van der Waals surface area contributed by atoms with E-state index in [1.807, 2.05) is 0 Å². The number of rotatable bonds is 8. The van der Waals surface area contributed by atoms with Crippen LogP contribution in [0.25, 0.3) is 0 Å². The highest BCUT2D eigenvalue weighted by Gasteiger charge is 2.39. The molecule has 0 saturated heterocycles. The third kappa shape index (κ3) is 10.2. The van der Waals surface area contributed by atoms with Crippen LogP contribution < -0.4 is 0 Å². The van der Waals surface area contributed by atoms with Gasteiger partial charge in [0.05, 0.1) is 0 Å². The molecule has 0 aromatic heterocycles. The Morgan fingerprint density at radius 1 is 0.765 bits per heavy atom. The summed E-state index contributed by atoms with van der Waals surface area (Å²) in [5.41, 5.74) is 0. The van der Waals surface area contributed by atoms with Crippen molar-refractivity contribution in [1.29, 1.82) is 0 Å². The lowest BCUT2D eigenvalue weighted by Gasteiger charge is -2.38. The van der Waals surface area contributed by atoms with Gasteiger partial charge in [-0.05, 0) is 64.7 Å². The largest absolute Gasteiger partial charge is 0.437 e. The molecule has 3 nitrogen and oxygen atoms in total. The van der Waals surface area contributed by atoms with Gasteiger partial charge in [0.25, 0.3) is 0 Å². The minimum Gasteiger partial charge on any atom is -0.437 e. The molecular formula is C11H30O3Si3. The molecule has 0 rings (SSSR count). The van der Waals surface area contributed by atoms with Gasteiger partial charge in [0.2, 0.25) is 0 Å². The summed E-state index contributed by atoms with van der Waals surface area (Å²) in [6.07, 6.45) is 1.86. The lowest BCUT2D eigenvalue weighted by molar-refractivity contribution is 0.284. The van der Waals surface area contributed by atoms with Gasteiger partial charge in [-0.3, -0.25) is 0 Å². The van der Waals surface area contributed by atoms with Crippen LogP contribution in [0.15, 0.2) is 0 Å². The molecule has 0 aliphatic rings. The monoisotopic (exact) mass is 294 g/mol. The number of hydrogen-bond donors (Lipinski definition) is 1. The van der Waals surface area contributed by atoms with Crippen LogP contribution in [0.4, 0.5) is 0 Å². The molecule has 0 aromatic carbocycles. The molecule has 0 radical (unpaired) electrons. The minimum atomic E-state index is -2.05. The zero-order chi connectivity index (χ0) is 13.7. The van der Waals surface area contributed by atoms with Crippen LogP contribution in [-0.4, -0.2) is 36.9 Å². The molecule has 0 aliphatic carbocycles. The Balaban J connectivity index is 4.57. The maximum atomic E-state index is 8.88. The minimum absolute atomic E-state index is 0.268. The van der Waals surface area contributed by atoms with Gasteiger partial charge in [-0.1, -0.05) is 0 Å². The van der Waals surface area contributed by atoms with Crippen molar-refractivity contribution >= 4 is 25.2 Å². The van der Waals surface area contributed by atoms with Gasteiger partial charge >= 0.3 is 8.56 Å². The van der Waals surface area contributed by atoms with Gasteiger partial charge in [0, 0.05) is 6.61 Å². The van der Waals surface area contributed by atoms with Crippen molar-refractivity contribution in [2.75, 3.05) is 6.61 Å². The third-order valence-corrected chi connectivity index (χ3v) is 11.7. The van der Waals surface area contributed by atoms with Crippen LogP contribution in [0.5, 0.6) is 0 Å². The fraction of sp³-hybridized carbons (Fsp3) is 1.00. The van der Waals surface area contributed by atoms with Crippen LogP contribution in [0.3, 0.4) is 0 Å². The molecule has 17 heavy (non-hydrogen) atoms. The van der Waals surface area contributed by atoms with Gasteiger partial charge < -0.3 is 13.3 Å². The Bertz CT molecular complexity index is 205. The molecule has 0 bridgehead atoms. The molecule has 0 aromatic rings. The molecular weight excluding hydrogens is 264 g/mol. The van der Waals surface area contributed by atoms with Gasteiger partial charge in [-0.2, -0.15) is 0 Å². The molecule has 0 spiro atoms. The molecule has 0 aliphatic heterocycles. The number of unbranched alkanes of at least 4 members (excludes halogenated alkanes) is 1. The third-order valence-electron chi connectivity index (χ3n) is 2.08. The summed E-state index contributed by atoms with van der Waals surface area (Å²) in [6, 6.07) is 1.00. The molecule has 104 valence electrons. The maximum Gasteiger partial charge on any atom is 0.314 e. The number of hydrogen-bond acceptors (Lipinski definition) is 3. The second-order valence-corrected chi connectivity index (χ2v) is 19.6. The van der Waals surface area contributed by atoms with Gasteiger partial charge in [-0.15, -0.1) is 0 Å². The normalized spacial score (nSPS) is 14.1. The van der Waals surface area contributed by atoms with Crippen molar-refractivity contribution in [1.82, 2.24) is 0 Å². The highest BCUT2D eigenvalue weighted by Crippen LogP contribution is 2.25. The summed E-state index contributed by atoms with van der Waals surface area (Å²) in [5, 5.41) is 8.88. The molecule has 0 amide bonds. The second-order valence-electron chi connectivity index (χ2n) is 6.74. The molecule has 1 N–H and O–H groups in total. The first-order valence-electron chi connectivity index (χ1n) is 6.49. The Morgan fingerprint density at radius 3 is 1.47 bits per heavy atom. The van der Waals surface area contributed by atoms with E-state index in [9.17, 15) is 0 Å². The predicted molar refractivity (Wildman–Crippen MR) is 81.6 cm³/mol. The van der Waals surface area contributed by atoms with Crippen molar-refractivity contribution in [2.24, 2.45) is 0 Å². The van der Waals surface area contributed by atoms with Crippen LogP contribution in [0.2, 0.25) is 51.9 Å². The van der Waals surface area contributed by atoms with Gasteiger partial charge in [-0.25, -0.2) is 0 Å². The number of aliphatic hydroxyl groups excluding tert-OH is 1. The summed E-state index contributed by atoms with van der Waals surface area (Å²) in [4.78, 5) is 0. The van der Waals surface area contributed by atoms with Crippen molar-refractivity contribution in [2.45, 2.75) is 64.7 Å². The fourth-order valence-corrected chi connectivity index (χ4v) is 14.6. The lowest BCUT2D eigenvalue weighted by Crippen LogP contribution is -2.52. The Morgan fingerprint density at radius 2 is 1.18 bits per heavy atom. The topological polar surface area (TPSA) is 38.7 Å². The molecule has 0 saturated carbocycles. The van der Waals surface area contributed by atoms with E-state index < -0.39 is 25.2 Å². The van der Waals surface area contributed by atoms with Crippen LogP contribution in [-0.2, 0) is 8.23 Å². The van der Waals surface area contributed by atoms with Crippen LogP contribution >= 0.6 is 0 Å². The lowest BCUT2D eigenvalue weighted by atomic mass is 10.4. The van der Waals surface area contributed by atoms with Crippen LogP contribution in [0.1, 0.15) is 12.8 Å². The molecule has 0 unspecified atom stereocenters. The Hall–Kier alpha value is 0.531. The van der Waals surface area contributed by atoms with E-state index >= 15 is 0 Å². The zero-order valence-electron chi connectivity index (χ0n) is 12.6. The summed E-state index contributed by atoms with van der Waals surface area (Å²) < 4.78 is 12.7. The van der Waals surface area contributed by atoms with E-state index in [0.717, 1.165) is 18.9 Å². The quantitative estimate of drug-likeness (QED) is 0.550. The van der Waals surface area contributed by atoms with E-state index in [1.54, 1.807) is 0 Å². The first-order valence-corrected chi connectivity index (χ1v) is 15.8. The van der Waals surface area contributed by atoms with Crippen LogP contribution in [0, 0.1) is 0 Å². The first kappa shape index (κ1) is 17.5. The summed E-state index contributed by atoms with van der Waals surface area (Å²) >= 11 is 0. The smallest absolute Gasteiger partial charge is 0.314 e. The maximum absolute atomic E-state index is 8.88. The van der Waals surface area contributed by atoms with Crippen molar-refractivity contribution < 1.29 is 13.3 Å². The molecule has 0 heterocycles. The summed E-state index contributed by atoms with van der Waals surface area (Å²) in [5.74, 6) is 0. The standard InChI is InChI=1S/C11H30O3Si3/c1-15(2,3)13-17(7,11-9-8-10-12)14-16(4,5)6/h12H,8-11H2,1-7H3. The second kappa shape index (κ2) is 6.63. The Kier molecular flexibility index (Phi) is 6.83. The molecule has 0 fully saturated rings. The van der Waals surface area contributed by atoms with Gasteiger partial charge in [0.15, 0.2) is 16.6 Å². The van der Waals surface area contributed by atoms with E-state index in [2.05, 4.69) is 45.8 Å². The summed E-state index contributed by atoms with van der Waals surface area (Å²) in [7, 11) is -5.16. The SMILES string of the molecule is C[Si](C)(C)O[Si](C)(CCCCO)O[Si](C)(C)C. The number of aliphatic hydroxyl groups is 1. The predicted octanol–water partition coefficient (Wildman–Crippen LogP) is 3.53. The van der Waals surface area contributed by atoms with Crippen molar-refractivity contribution in [3.63, 3.8) is 0 Å². The summed E-state index contributed by atoms with van der Waals surface area (Å²) in [6.45, 7) is 15.8. The first-order chi connectivity index (χ1) is 7.47. The van der Waals surface area contributed by atoms with Gasteiger partial charge in [0.1, 0.15) is 0 Å². The van der Waals surface area contributed by atoms with E-state index in [0.29, 0.717) is 0 Å². The van der Waals surface area contributed by atoms with Crippen molar-refractivity contribution in [3.05, 3.63) is 0 Å². The highest BCUT2D eigenvalue weighted by molar-refractivity contribution is 6.87. The van der Waals surface area contributed by atoms with E-state index in [4.69, 9.17) is 13.3 Å². The average Bonchev–Trinajstić information content (AvgIpc) is 1.96. The molecule has 0 atom stereocenters. The molecule has 6 heteroatoms. The van der Waals surface area contributed by atoms with E-state index in [1.165, 1.54) is 0 Å². The van der Waals surface area contributed by atoms with Crippen molar-refractivity contribution in [3.8, 4) is 0 Å². The Labute approximate surface area is 110 Å². The average molecular weight is 295 g/mol. The zero-order valence-corrected chi connectivity index (χ0v) is 15.6. The fourth-order valence-electron chi connectivity index (χ4n) is 1.98. The highest BCUT2D eigenvalue weighted by atomic mass is 28.5.